The van der Waals surface area contributed by atoms with E-state index >= 15 is 0 Å². The zero-order valence-electron chi connectivity index (χ0n) is 16.8. The molecule has 0 unspecified atom stereocenters. The largest absolute Gasteiger partial charge is 0.465 e. The Hall–Kier alpha value is -3.06. The van der Waals surface area contributed by atoms with Crippen LogP contribution < -0.4 is 9.47 Å². The Morgan fingerprint density at radius 1 is 1.17 bits per heavy atom. The third-order valence-corrected chi connectivity index (χ3v) is 5.84. The van der Waals surface area contributed by atoms with Crippen LogP contribution in [-0.2, 0) is 20.9 Å². The highest BCUT2D eigenvalue weighted by atomic mass is 79.9. The quantitative estimate of drug-likeness (QED) is 0.491. The first-order valence-electron chi connectivity index (χ1n) is 9.37. The highest BCUT2D eigenvalue weighted by molar-refractivity contribution is 9.10. The third kappa shape index (κ3) is 3.61. The number of esters is 1. The van der Waals surface area contributed by atoms with Gasteiger partial charge in [0.1, 0.15) is 0 Å². The minimum atomic E-state index is -0.546. The molecule has 0 aromatic heterocycles. The summed E-state index contributed by atoms with van der Waals surface area (Å²) in [5.41, 5.74) is 3.93. The molecular formula is C23H20BrNO5. The molecule has 2 aromatic rings. The van der Waals surface area contributed by atoms with Crippen molar-refractivity contribution in [2.24, 2.45) is 0 Å². The molecule has 4 rings (SSSR count). The van der Waals surface area contributed by atoms with Crippen molar-refractivity contribution in [2.75, 3.05) is 13.9 Å². The smallest absolute Gasteiger partial charge is 0.340 e. The van der Waals surface area contributed by atoms with Gasteiger partial charge in [-0.05, 0) is 43.2 Å². The zero-order valence-corrected chi connectivity index (χ0v) is 18.4. The number of amides is 1. The molecule has 0 radical (unpaired) electrons. The van der Waals surface area contributed by atoms with Gasteiger partial charge in [0.05, 0.1) is 24.8 Å². The molecule has 2 aliphatic heterocycles. The van der Waals surface area contributed by atoms with E-state index < -0.39 is 5.97 Å². The molecule has 1 amide bonds. The lowest BCUT2D eigenvalue weighted by Gasteiger charge is -2.18. The molecule has 0 saturated carbocycles. The maximum Gasteiger partial charge on any atom is 0.340 e. The van der Waals surface area contributed by atoms with Gasteiger partial charge < -0.3 is 19.1 Å². The average Bonchev–Trinajstić information content (AvgIpc) is 3.27. The van der Waals surface area contributed by atoms with Gasteiger partial charge >= 0.3 is 5.97 Å². The lowest BCUT2D eigenvalue weighted by molar-refractivity contribution is -0.136. The fourth-order valence-electron chi connectivity index (χ4n) is 3.49. The summed E-state index contributed by atoms with van der Waals surface area (Å²) in [5, 5.41) is 0. The molecule has 0 spiro atoms. The van der Waals surface area contributed by atoms with Crippen LogP contribution in [-0.4, -0.2) is 30.7 Å². The molecule has 154 valence electrons. The molecule has 30 heavy (non-hydrogen) atoms. The molecule has 0 atom stereocenters. The monoisotopic (exact) mass is 469 g/mol. The van der Waals surface area contributed by atoms with Gasteiger partial charge in [-0.2, -0.15) is 0 Å². The van der Waals surface area contributed by atoms with Crippen molar-refractivity contribution in [3.8, 4) is 11.5 Å². The molecule has 0 saturated heterocycles. The summed E-state index contributed by atoms with van der Waals surface area (Å²) >= 11 is 3.50. The van der Waals surface area contributed by atoms with Crippen LogP contribution in [0, 0.1) is 6.92 Å². The van der Waals surface area contributed by atoms with E-state index in [4.69, 9.17) is 14.2 Å². The minimum Gasteiger partial charge on any atom is -0.465 e. The van der Waals surface area contributed by atoms with Crippen molar-refractivity contribution in [1.29, 1.82) is 0 Å². The lowest BCUT2D eigenvalue weighted by Crippen LogP contribution is -2.24. The normalized spacial score (nSPS) is 16.6. The van der Waals surface area contributed by atoms with Crippen LogP contribution >= 0.6 is 15.9 Å². The molecule has 6 nitrogen and oxygen atoms in total. The van der Waals surface area contributed by atoms with Crippen LogP contribution in [0.4, 0.5) is 0 Å². The van der Waals surface area contributed by atoms with E-state index in [1.54, 1.807) is 30.0 Å². The van der Waals surface area contributed by atoms with Crippen molar-refractivity contribution in [3.05, 3.63) is 74.4 Å². The molecular weight excluding hydrogens is 450 g/mol. The number of halogens is 1. The Morgan fingerprint density at radius 2 is 1.83 bits per heavy atom. The first-order valence-corrected chi connectivity index (χ1v) is 10.2. The zero-order chi connectivity index (χ0) is 21.4. The van der Waals surface area contributed by atoms with Crippen LogP contribution in [0.2, 0.25) is 0 Å². The van der Waals surface area contributed by atoms with Gasteiger partial charge in [0.25, 0.3) is 5.91 Å². The Labute approximate surface area is 182 Å². The number of ether oxygens (including phenoxy) is 3. The Kier molecular flexibility index (Phi) is 5.39. The maximum atomic E-state index is 13.3. The van der Waals surface area contributed by atoms with E-state index in [1.165, 1.54) is 7.11 Å². The summed E-state index contributed by atoms with van der Waals surface area (Å²) in [6.45, 7) is 4.28. The number of hydrogen-bond acceptors (Lipinski definition) is 5. The summed E-state index contributed by atoms with van der Waals surface area (Å²) in [5.74, 6) is 0.420. The topological polar surface area (TPSA) is 65.1 Å². The van der Waals surface area contributed by atoms with E-state index in [9.17, 15) is 9.59 Å². The van der Waals surface area contributed by atoms with Gasteiger partial charge in [0.15, 0.2) is 11.5 Å². The number of rotatable bonds is 4. The van der Waals surface area contributed by atoms with Crippen LogP contribution in [0.1, 0.15) is 23.6 Å². The average molecular weight is 470 g/mol. The van der Waals surface area contributed by atoms with Gasteiger partial charge in [-0.3, -0.25) is 4.79 Å². The maximum absolute atomic E-state index is 13.3. The fourth-order valence-corrected chi connectivity index (χ4v) is 3.93. The summed E-state index contributed by atoms with van der Waals surface area (Å²) in [4.78, 5) is 27.4. The molecule has 2 aliphatic rings. The summed E-state index contributed by atoms with van der Waals surface area (Å²) in [7, 11) is 1.31. The molecule has 2 heterocycles. The van der Waals surface area contributed by atoms with Crippen molar-refractivity contribution < 1.29 is 23.8 Å². The number of methoxy groups -OCH3 is 1. The van der Waals surface area contributed by atoms with E-state index in [-0.39, 0.29) is 23.8 Å². The second kappa shape index (κ2) is 7.99. The second-order valence-corrected chi connectivity index (χ2v) is 7.97. The number of allylic oxidation sites excluding steroid dienone is 1. The first kappa shape index (κ1) is 20.2. The second-order valence-electron chi connectivity index (χ2n) is 7.11. The van der Waals surface area contributed by atoms with Crippen LogP contribution in [0.3, 0.4) is 0 Å². The molecule has 0 bridgehead atoms. The van der Waals surface area contributed by atoms with Gasteiger partial charge in [0.2, 0.25) is 6.79 Å². The van der Waals surface area contributed by atoms with Crippen LogP contribution in [0.25, 0.3) is 6.08 Å². The van der Waals surface area contributed by atoms with Gasteiger partial charge in [-0.15, -0.1) is 0 Å². The van der Waals surface area contributed by atoms with Crippen molar-refractivity contribution in [3.63, 3.8) is 0 Å². The fraction of sp³-hybridized carbons (Fsp3) is 0.217. The van der Waals surface area contributed by atoms with Crippen LogP contribution in [0.5, 0.6) is 11.5 Å². The SMILES string of the molecule is COC(=O)C1=C(C)N(Cc2ccc(C)cc2)C(=O)C1=Cc1cc2c(cc1Br)OCO2. The molecule has 0 aliphatic carbocycles. The highest BCUT2D eigenvalue weighted by Crippen LogP contribution is 2.39. The molecule has 2 aromatic carbocycles. The number of nitrogens with zero attached hydrogens (tertiary/aromatic N) is 1. The van der Waals surface area contributed by atoms with Gasteiger partial charge in [-0.1, -0.05) is 45.8 Å². The van der Waals surface area contributed by atoms with E-state index in [1.807, 2.05) is 31.2 Å². The van der Waals surface area contributed by atoms with E-state index in [2.05, 4.69) is 15.9 Å². The number of carbonyl (C=O) groups is 2. The summed E-state index contributed by atoms with van der Waals surface area (Å²) in [6.07, 6.45) is 1.68. The van der Waals surface area contributed by atoms with Crippen LogP contribution in [0.15, 0.2) is 57.7 Å². The number of carbonyl (C=O) groups excluding carboxylic acids is 2. The van der Waals surface area contributed by atoms with Gasteiger partial charge in [-0.25, -0.2) is 4.79 Å². The van der Waals surface area contributed by atoms with E-state index in [0.29, 0.717) is 29.3 Å². The van der Waals surface area contributed by atoms with Gasteiger partial charge in [0, 0.05) is 10.2 Å². The number of hydrogen-bond donors (Lipinski definition) is 0. The summed E-state index contributed by atoms with van der Waals surface area (Å²) in [6, 6.07) is 11.5. The summed E-state index contributed by atoms with van der Waals surface area (Å²) < 4.78 is 16.5. The number of fused-ring (bicyclic) bond motifs is 1. The lowest BCUT2D eigenvalue weighted by atomic mass is 10.0. The molecule has 7 heteroatoms. The highest BCUT2D eigenvalue weighted by Gasteiger charge is 2.37. The number of benzene rings is 2. The minimum absolute atomic E-state index is 0.150. The Balaban J connectivity index is 1.75. The van der Waals surface area contributed by atoms with Crippen molar-refractivity contribution in [1.82, 2.24) is 4.90 Å². The predicted octanol–water partition coefficient (Wildman–Crippen LogP) is 4.36. The molecule has 0 fully saturated rings. The predicted molar refractivity (Wildman–Crippen MR) is 115 cm³/mol. The number of aryl methyl sites for hydroxylation is 1. The third-order valence-electron chi connectivity index (χ3n) is 5.15. The van der Waals surface area contributed by atoms with E-state index in [0.717, 1.165) is 15.6 Å². The first-order chi connectivity index (χ1) is 14.4. The molecule has 0 N–H and O–H groups in total. The van der Waals surface area contributed by atoms with Crippen molar-refractivity contribution >= 4 is 33.9 Å². The standard InChI is InChI=1S/C23H20BrNO5/c1-13-4-6-15(7-5-13)11-25-14(2)21(23(27)28-3)17(22(25)26)8-16-9-19-20(10-18(16)24)30-12-29-19/h4-10H,11-12H2,1-3H3. The van der Waals surface area contributed by atoms with Crippen molar-refractivity contribution in [2.45, 2.75) is 20.4 Å². The Morgan fingerprint density at radius 3 is 2.50 bits per heavy atom. The Bertz CT molecular complexity index is 1100.